The SMILES string of the molecule is Cc1cc(C#CCCO)ccc1OCC1CCOC1. The highest BCUT2D eigenvalue weighted by molar-refractivity contribution is 5.43. The summed E-state index contributed by atoms with van der Waals surface area (Å²) in [6.07, 6.45) is 1.60. The molecule has 0 spiro atoms. The first-order valence-corrected chi connectivity index (χ1v) is 6.70. The van der Waals surface area contributed by atoms with Gasteiger partial charge in [-0.3, -0.25) is 0 Å². The van der Waals surface area contributed by atoms with E-state index in [-0.39, 0.29) is 6.61 Å². The van der Waals surface area contributed by atoms with Crippen LogP contribution >= 0.6 is 0 Å². The summed E-state index contributed by atoms with van der Waals surface area (Å²) in [5, 5.41) is 8.68. The van der Waals surface area contributed by atoms with E-state index in [1.807, 2.05) is 25.1 Å². The number of hydrogen-bond donors (Lipinski definition) is 1. The van der Waals surface area contributed by atoms with Crippen LogP contribution in [0.25, 0.3) is 0 Å². The molecule has 0 aromatic heterocycles. The minimum Gasteiger partial charge on any atom is -0.493 e. The molecule has 1 aromatic rings. The maximum absolute atomic E-state index is 8.68. The largest absolute Gasteiger partial charge is 0.493 e. The summed E-state index contributed by atoms with van der Waals surface area (Å²) in [6.45, 7) is 4.51. The van der Waals surface area contributed by atoms with Crippen molar-refractivity contribution in [1.29, 1.82) is 0 Å². The number of aliphatic hydroxyl groups excluding tert-OH is 1. The third-order valence-corrected chi connectivity index (χ3v) is 3.14. The number of benzene rings is 1. The lowest BCUT2D eigenvalue weighted by atomic mass is 10.1. The van der Waals surface area contributed by atoms with E-state index in [1.165, 1.54) is 0 Å². The molecule has 0 amide bonds. The minimum absolute atomic E-state index is 0.108. The summed E-state index contributed by atoms with van der Waals surface area (Å²) in [6, 6.07) is 5.94. The first-order chi connectivity index (χ1) is 9.29. The van der Waals surface area contributed by atoms with Crippen molar-refractivity contribution in [3.8, 4) is 17.6 Å². The summed E-state index contributed by atoms with van der Waals surface area (Å²) >= 11 is 0. The molecule has 1 heterocycles. The van der Waals surface area contributed by atoms with Crippen LogP contribution in [0.15, 0.2) is 18.2 Å². The van der Waals surface area contributed by atoms with Crippen LogP contribution in [0.4, 0.5) is 0 Å². The average Bonchev–Trinajstić information content (AvgIpc) is 2.91. The first kappa shape index (κ1) is 13.9. The van der Waals surface area contributed by atoms with Gasteiger partial charge in [0.25, 0.3) is 0 Å². The van der Waals surface area contributed by atoms with Crippen molar-refractivity contribution in [3.05, 3.63) is 29.3 Å². The zero-order valence-electron chi connectivity index (χ0n) is 11.3. The molecule has 0 bridgehead atoms. The molecule has 1 saturated heterocycles. The second kappa shape index (κ2) is 7.18. The summed E-state index contributed by atoms with van der Waals surface area (Å²) in [5.74, 6) is 7.38. The predicted molar refractivity (Wildman–Crippen MR) is 74.2 cm³/mol. The van der Waals surface area contributed by atoms with Gasteiger partial charge in [-0.2, -0.15) is 0 Å². The van der Waals surface area contributed by atoms with Crippen LogP contribution in [-0.2, 0) is 4.74 Å². The van der Waals surface area contributed by atoms with E-state index in [0.717, 1.165) is 43.1 Å². The first-order valence-electron chi connectivity index (χ1n) is 6.70. The van der Waals surface area contributed by atoms with E-state index in [9.17, 15) is 0 Å². The summed E-state index contributed by atoms with van der Waals surface area (Å²) in [5.41, 5.74) is 2.05. The molecule has 19 heavy (non-hydrogen) atoms. The lowest BCUT2D eigenvalue weighted by Crippen LogP contribution is -2.12. The Balaban J connectivity index is 1.93. The molecule has 102 valence electrons. The molecular formula is C16H20O3. The Morgan fingerprint density at radius 3 is 3.05 bits per heavy atom. The molecular weight excluding hydrogens is 240 g/mol. The summed E-state index contributed by atoms with van der Waals surface area (Å²) < 4.78 is 11.2. The Kier molecular flexibility index (Phi) is 5.26. The Morgan fingerprint density at radius 2 is 2.37 bits per heavy atom. The van der Waals surface area contributed by atoms with Gasteiger partial charge in [0.15, 0.2) is 0 Å². The molecule has 1 atom stereocenters. The Hall–Kier alpha value is -1.50. The number of ether oxygens (including phenoxy) is 2. The highest BCUT2D eigenvalue weighted by atomic mass is 16.5. The molecule has 1 unspecified atom stereocenters. The number of aryl methyl sites for hydroxylation is 1. The van der Waals surface area contributed by atoms with Gasteiger partial charge >= 0.3 is 0 Å². The number of hydrogen-bond acceptors (Lipinski definition) is 3. The highest BCUT2D eigenvalue weighted by Gasteiger charge is 2.16. The van der Waals surface area contributed by atoms with Gasteiger partial charge in [-0.1, -0.05) is 11.8 Å². The van der Waals surface area contributed by atoms with Crippen molar-refractivity contribution in [2.24, 2.45) is 5.92 Å². The third-order valence-electron chi connectivity index (χ3n) is 3.14. The minimum atomic E-state index is 0.108. The molecule has 1 aliphatic heterocycles. The fraction of sp³-hybridized carbons (Fsp3) is 0.500. The van der Waals surface area contributed by atoms with Crippen LogP contribution in [0, 0.1) is 24.7 Å². The molecule has 1 fully saturated rings. The van der Waals surface area contributed by atoms with Gasteiger partial charge in [-0.25, -0.2) is 0 Å². The van der Waals surface area contributed by atoms with Crippen molar-refractivity contribution < 1.29 is 14.6 Å². The van der Waals surface area contributed by atoms with Crippen molar-refractivity contribution in [3.63, 3.8) is 0 Å². The molecule has 0 aliphatic carbocycles. The van der Waals surface area contributed by atoms with Gasteiger partial charge in [0.05, 0.1) is 19.8 Å². The van der Waals surface area contributed by atoms with Gasteiger partial charge in [-0.05, 0) is 37.1 Å². The molecule has 1 aliphatic rings. The number of aliphatic hydroxyl groups is 1. The highest BCUT2D eigenvalue weighted by Crippen LogP contribution is 2.21. The lowest BCUT2D eigenvalue weighted by molar-refractivity contribution is 0.167. The van der Waals surface area contributed by atoms with Crippen molar-refractivity contribution in [2.75, 3.05) is 26.4 Å². The summed E-state index contributed by atoms with van der Waals surface area (Å²) in [4.78, 5) is 0. The zero-order valence-corrected chi connectivity index (χ0v) is 11.3. The van der Waals surface area contributed by atoms with Crippen molar-refractivity contribution >= 4 is 0 Å². The van der Waals surface area contributed by atoms with Gasteiger partial charge in [0.1, 0.15) is 5.75 Å². The molecule has 3 heteroatoms. The van der Waals surface area contributed by atoms with Crippen molar-refractivity contribution in [1.82, 2.24) is 0 Å². The van der Waals surface area contributed by atoms with Crippen LogP contribution in [0.5, 0.6) is 5.75 Å². The third kappa shape index (κ3) is 4.27. The van der Waals surface area contributed by atoms with Gasteiger partial charge in [0, 0.05) is 24.5 Å². The molecule has 1 N–H and O–H groups in total. The standard InChI is InChI=1S/C16H20O3/c1-13-10-14(4-2-3-8-17)5-6-16(13)19-12-15-7-9-18-11-15/h5-6,10,15,17H,3,7-9,11-12H2,1H3. The van der Waals surface area contributed by atoms with Crippen LogP contribution < -0.4 is 4.74 Å². The maximum Gasteiger partial charge on any atom is 0.122 e. The molecule has 2 rings (SSSR count). The van der Waals surface area contributed by atoms with E-state index < -0.39 is 0 Å². The second-order valence-electron chi connectivity index (χ2n) is 4.80. The van der Waals surface area contributed by atoms with E-state index in [2.05, 4.69) is 11.8 Å². The molecule has 0 radical (unpaired) electrons. The van der Waals surface area contributed by atoms with Crippen LogP contribution in [0.3, 0.4) is 0 Å². The van der Waals surface area contributed by atoms with E-state index in [4.69, 9.17) is 14.6 Å². The van der Waals surface area contributed by atoms with Crippen LogP contribution in [0.1, 0.15) is 24.0 Å². The average molecular weight is 260 g/mol. The van der Waals surface area contributed by atoms with Gasteiger partial charge < -0.3 is 14.6 Å². The predicted octanol–water partition coefficient (Wildman–Crippen LogP) is 2.14. The monoisotopic (exact) mass is 260 g/mol. The lowest BCUT2D eigenvalue weighted by Gasteiger charge is -2.12. The second-order valence-corrected chi connectivity index (χ2v) is 4.80. The molecule has 1 aromatic carbocycles. The fourth-order valence-corrected chi connectivity index (χ4v) is 2.03. The maximum atomic E-state index is 8.68. The topological polar surface area (TPSA) is 38.7 Å². The normalized spacial score (nSPS) is 17.9. The number of rotatable bonds is 4. The van der Waals surface area contributed by atoms with Crippen LogP contribution in [0.2, 0.25) is 0 Å². The smallest absolute Gasteiger partial charge is 0.122 e. The van der Waals surface area contributed by atoms with E-state index in [1.54, 1.807) is 0 Å². The molecule has 3 nitrogen and oxygen atoms in total. The van der Waals surface area contributed by atoms with E-state index in [0.29, 0.717) is 12.3 Å². The molecule has 0 saturated carbocycles. The van der Waals surface area contributed by atoms with Gasteiger partial charge in [0.2, 0.25) is 0 Å². The summed E-state index contributed by atoms with van der Waals surface area (Å²) in [7, 11) is 0. The van der Waals surface area contributed by atoms with Crippen LogP contribution in [-0.4, -0.2) is 31.5 Å². The Bertz CT molecular complexity index is 465. The fourth-order valence-electron chi connectivity index (χ4n) is 2.03. The van der Waals surface area contributed by atoms with Crippen molar-refractivity contribution in [2.45, 2.75) is 19.8 Å². The van der Waals surface area contributed by atoms with Gasteiger partial charge in [-0.15, -0.1) is 0 Å². The van der Waals surface area contributed by atoms with E-state index >= 15 is 0 Å². The zero-order chi connectivity index (χ0) is 13.5. The Morgan fingerprint density at radius 1 is 1.47 bits per heavy atom. The Labute approximate surface area is 114 Å². The quantitative estimate of drug-likeness (QED) is 0.843.